The summed E-state index contributed by atoms with van der Waals surface area (Å²) in [5.41, 5.74) is 0.887. The number of ketones is 1. The van der Waals surface area contributed by atoms with Gasteiger partial charge in [0.15, 0.2) is 5.78 Å². The lowest BCUT2D eigenvalue weighted by atomic mass is 9.93. The van der Waals surface area contributed by atoms with E-state index in [1.807, 2.05) is 6.07 Å². The SMILES string of the molecule is N#CC(C(=O)c1cc(Br)ccc1Cl)c1cccnc1. The van der Waals surface area contributed by atoms with Crippen LogP contribution in [0.4, 0.5) is 0 Å². The lowest BCUT2D eigenvalue weighted by Crippen LogP contribution is -2.12. The van der Waals surface area contributed by atoms with Gasteiger partial charge in [-0.25, -0.2) is 0 Å². The lowest BCUT2D eigenvalue weighted by molar-refractivity contribution is 0.0979. The number of aromatic nitrogens is 1. The summed E-state index contributed by atoms with van der Waals surface area (Å²) in [6.07, 6.45) is 3.10. The molecule has 0 fully saturated rings. The van der Waals surface area contributed by atoms with Gasteiger partial charge in [0.1, 0.15) is 5.92 Å². The largest absolute Gasteiger partial charge is 0.292 e. The number of nitriles is 1. The zero-order valence-corrected chi connectivity index (χ0v) is 12.0. The van der Waals surface area contributed by atoms with Crippen LogP contribution in [0.25, 0.3) is 0 Å². The normalized spacial score (nSPS) is 11.6. The van der Waals surface area contributed by atoms with Crippen LogP contribution >= 0.6 is 27.5 Å². The van der Waals surface area contributed by atoms with Crippen molar-refractivity contribution < 1.29 is 4.79 Å². The van der Waals surface area contributed by atoms with Crippen molar-refractivity contribution in [2.75, 3.05) is 0 Å². The van der Waals surface area contributed by atoms with Gasteiger partial charge >= 0.3 is 0 Å². The minimum atomic E-state index is -0.902. The fourth-order valence-corrected chi connectivity index (χ4v) is 2.24. The second kappa shape index (κ2) is 5.96. The molecule has 0 aliphatic rings. The molecule has 19 heavy (non-hydrogen) atoms. The van der Waals surface area contributed by atoms with E-state index in [0.29, 0.717) is 16.1 Å². The van der Waals surface area contributed by atoms with Gasteiger partial charge in [-0.1, -0.05) is 33.6 Å². The molecule has 0 spiro atoms. The Morgan fingerprint density at radius 1 is 1.42 bits per heavy atom. The Kier molecular flexibility index (Phi) is 4.31. The van der Waals surface area contributed by atoms with E-state index in [4.69, 9.17) is 11.6 Å². The summed E-state index contributed by atoms with van der Waals surface area (Å²) >= 11 is 9.30. The Hall–Kier alpha value is -1.70. The van der Waals surface area contributed by atoms with Gasteiger partial charge in [0.05, 0.1) is 11.1 Å². The van der Waals surface area contributed by atoms with Crippen LogP contribution in [0.15, 0.2) is 47.2 Å². The van der Waals surface area contributed by atoms with Crippen molar-refractivity contribution in [2.45, 2.75) is 5.92 Å². The molecular formula is C14H8BrClN2O. The second-order valence-corrected chi connectivity index (χ2v) is 5.16. The van der Waals surface area contributed by atoms with E-state index in [2.05, 4.69) is 20.9 Å². The van der Waals surface area contributed by atoms with Crippen molar-refractivity contribution in [1.29, 1.82) is 5.26 Å². The zero-order chi connectivity index (χ0) is 13.8. The van der Waals surface area contributed by atoms with Crippen molar-refractivity contribution in [3.63, 3.8) is 0 Å². The molecule has 0 radical (unpaired) electrons. The molecule has 5 heteroatoms. The van der Waals surface area contributed by atoms with Crippen LogP contribution in [-0.2, 0) is 0 Å². The molecule has 2 aromatic rings. The van der Waals surface area contributed by atoms with E-state index in [-0.39, 0.29) is 5.78 Å². The Morgan fingerprint density at radius 3 is 2.84 bits per heavy atom. The number of hydrogen-bond acceptors (Lipinski definition) is 3. The molecule has 1 aromatic heterocycles. The maximum atomic E-state index is 12.4. The quantitative estimate of drug-likeness (QED) is 0.797. The Bertz CT molecular complexity index is 652. The van der Waals surface area contributed by atoms with Crippen LogP contribution < -0.4 is 0 Å². The minimum Gasteiger partial charge on any atom is -0.292 e. The summed E-state index contributed by atoms with van der Waals surface area (Å²) in [6.45, 7) is 0. The molecule has 0 amide bonds. The van der Waals surface area contributed by atoms with E-state index in [9.17, 15) is 10.1 Å². The molecule has 3 nitrogen and oxygen atoms in total. The van der Waals surface area contributed by atoms with Gasteiger partial charge in [-0.15, -0.1) is 0 Å². The van der Waals surface area contributed by atoms with Crippen LogP contribution in [0.3, 0.4) is 0 Å². The first-order valence-electron chi connectivity index (χ1n) is 5.42. The number of hydrogen-bond donors (Lipinski definition) is 0. The molecule has 0 aliphatic heterocycles. The number of rotatable bonds is 3. The van der Waals surface area contributed by atoms with Gasteiger partial charge in [-0.3, -0.25) is 9.78 Å². The standard InChI is InChI=1S/C14H8BrClN2O/c15-10-3-4-13(16)11(6-10)14(19)12(7-17)9-2-1-5-18-8-9/h1-6,8,12H. The molecule has 1 aromatic carbocycles. The van der Waals surface area contributed by atoms with Crippen LogP contribution in [0.5, 0.6) is 0 Å². The van der Waals surface area contributed by atoms with Crippen molar-refractivity contribution in [2.24, 2.45) is 0 Å². The first-order chi connectivity index (χ1) is 9.13. The third-order valence-corrected chi connectivity index (χ3v) is 3.43. The van der Waals surface area contributed by atoms with Crippen LogP contribution in [0.2, 0.25) is 5.02 Å². The molecule has 0 saturated carbocycles. The summed E-state index contributed by atoms with van der Waals surface area (Å²) in [5.74, 6) is -1.23. The van der Waals surface area contributed by atoms with Gasteiger partial charge in [-0.2, -0.15) is 5.26 Å². The molecule has 1 atom stereocenters. The smallest absolute Gasteiger partial charge is 0.186 e. The molecule has 1 heterocycles. The van der Waals surface area contributed by atoms with Crippen molar-refractivity contribution >= 4 is 33.3 Å². The minimum absolute atomic E-state index is 0.325. The van der Waals surface area contributed by atoms with E-state index in [1.165, 1.54) is 6.20 Å². The van der Waals surface area contributed by atoms with Crippen LogP contribution in [0.1, 0.15) is 21.8 Å². The summed E-state index contributed by atoms with van der Waals surface area (Å²) in [4.78, 5) is 16.3. The van der Waals surface area contributed by atoms with Crippen LogP contribution in [-0.4, -0.2) is 10.8 Å². The molecule has 0 N–H and O–H groups in total. The molecule has 0 saturated heterocycles. The summed E-state index contributed by atoms with van der Waals surface area (Å²) in [7, 11) is 0. The predicted octanol–water partition coefficient (Wildman–Crippen LogP) is 3.99. The zero-order valence-electron chi connectivity index (χ0n) is 9.68. The number of pyridine rings is 1. The van der Waals surface area contributed by atoms with Crippen molar-refractivity contribution in [3.8, 4) is 6.07 Å². The summed E-state index contributed by atoms with van der Waals surface area (Å²) < 4.78 is 0.739. The van der Waals surface area contributed by atoms with Gasteiger partial charge in [0, 0.05) is 22.4 Å². The number of carbonyl (C=O) groups excluding carboxylic acids is 1. The molecular weight excluding hydrogens is 328 g/mol. The van der Waals surface area contributed by atoms with E-state index in [0.717, 1.165) is 4.47 Å². The van der Waals surface area contributed by atoms with Gasteiger partial charge in [0.2, 0.25) is 0 Å². The third-order valence-electron chi connectivity index (χ3n) is 2.60. The highest BCUT2D eigenvalue weighted by molar-refractivity contribution is 9.10. The summed E-state index contributed by atoms with van der Waals surface area (Å²) in [5, 5.41) is 9.55. The van der Waals surface area contributed by atoms with Crippen molar-refractivity contribution in [1.82, 2.24) is 4.98 Å². The molecule has 0 aliphatic carbocycles. The molecule has 0 bridgehead atoms. The maximum Gasteiger partial charge on any atom is 0.186 e. The fourth-order valence-electron chi connectivity index (χ4n) is 1.67. The number of carbonyl (C=O) groups is 1. The second-order valence-electron chi connectivity index (χ2n) is 3.84. The Morgan fingerprint density at radius 2 is 2.21 bits per heavy atom. The first-order valence-corrected chi connectivity index (χ1v) is 6.59. The molecule has 1 unspecified atom stereocenters. The maximum absolute atomic E-state index is 12.4. The lowest BCUT2D eigenvalue weighted by Gasteiger charge is -2.09. The van der Waals surface area contributed by atoms with Crippen molar-refractivity contribution in [3.05, 3.63) is 63.3 Å². The third kappa shape index (κ3) is 3.01. The van der Waals surface area contributed by atoms with Gasteiger partial charge in [-0.05, 0) is 29.8 Å². The Labute approximate surface area is 124 Å². The van der Waals surface area contributed by atoms with E-state index >= 15 is 0 Å². The highest BCUT2D eigenvalue weighted by atomic mass is 79.9. The number of nitrogens with zero attached hydrogens (tertiary/aromatic N) is 2. The average Bonchev–Trinajstić information content (AvgIpc) is 2.43. The first kappa shape index (κ1) is 13.7. The fraction of sp³-hybridized carbons (Fsp3) is 0.0714. The number of benzene rings is 1. The predicted molar refractivity (Wildman–Crippen MR) is 76.1 cm³/mol. The van der Waals surface area contributed by atoms with Crippen LogP contribution in [0, 0.1) is 11.3 Å². The highest BCUT2D eigenvalue weighted by Crippen LogP contribution is 2.27. The molecule has 2 rings (SSSR count). The number of Topliss-reactive ketones (excluding diaryl/α,β-unsaturated/α-hetero) is 1. The topological polar surface area (TPSA) is 53.8 Å². The number of halogens is 2. The monoisotopic (exact) mass is 334 g/mol. The average molecular weight is 336 g/mol. The highest BCUT2D eigenvalue weighted by Gasteiger charge is 2.24. The van der Waals surface area contributed by atoms with E-state index in [1.54, 1.807) is 36.5 Å². The van der Waals surface area contributed by atoms with Gasteiger partial charge in [0.25, 0.3) is 0 Å². The van der Waals surface area contributed by atoms with E-state index < -0.39 is 5.92 Å². The Balaban J connectivity index is 2.43. The molecule has 94 valence electrons. The van der Waals surface area contributed by atoms with Gasteiger partial charge < -0.3 is 0 Å². The summed E-state index contributed by atoms with van der Waals surface area (Å²) in [6, 6.07) is 10.4.